The minimum Gasteiger partial charge on any atom is -0.340 e. The number of nitrogens with zero attached hydrogens (tertiary/aromatic N) is 2. The molecule has 1 heterocycles. The number of hydrogen-bond donors (Lipinski definition) is 1. The lowest BCUT2D eigenvalue weighted by Crippen LogP contribution is -2.14. The number of thioether (sulfide) groups is 1. The molecular formula is C7H13N3S. The Morgan fingerprint density at radius 3 is 3.00 bits per heavy atom. The maximum Gasteiger partial charge on any atom is 0.0928 e. The van der Waals surface area contributed by atoms with Crippen molar-refractivity contribution in [2.75, 3.05) is 26.4 Å². The summed E-state index contributed by atoms with van der Waals surface area (Å²) in [5, 5.41) is 1.15. The highest BCUT2D eigenvalue weighted by atomic mass is 32.2. The monoisotopic (exact) mass is 171 g/mol. The predicted molar refractivity (Wildman–Crippen MR) is 47.9 cm³/mol. The van der Waals surface area contributed by atoms with Crippen LogP contribution >= 0.6 is 11.8 Å². The fourth-order valence-electron chi connectivity index (χ4n) is 0.660. The van der Waals surface area contributed by atoms with Crippen LogP contribution in [0, 0.1) is 0 Å². The molecule has 11 heavy (non-hydrogen) atoms. The van der Waals surface area contributed by atoms with Crippen LogP contribution in [0.25, 0.3) is 0 Å². The maximum absolute atomic E-state index is 3.93. The van der Waals surface area contributed by atoms with E-state index < -0.39 is 0 Å². The number of H-pyrrole nitrogens is 1. The molecule has 62 valence electrons. The number of imidazole rings is 1. The zero-order valence-electron chi connectivity index (χ0n) is 6.87. The van der Waals surface area contributed by atoms with Crippen LogP contribution in [0.4, 0.5) is 0 Å². The molecule has 0 unspecified atom stereocenters. The Balaban J connectivity index is 2.14. The lowest BCUT2D eigenvalue weighted by atomic mass is 10.7. The van der Waals surface area contributed by atoms with Gasteiger partial charge in [0.1, 0.15) is 0 Å². The fraction of sp³-hybridized carbons (Fsp3) is 0.571. The number of rotatable bonds is 4. The van der Waals surface area contributed by atoms with Gasteiger partial charge in [0.05, 0.1) is 17.6 Å². The highest BCUT2D eigenvalue weighted by Crippen LogP contribution is 2.12. The molecule has 0 bridgehead atoms. The molecule has 3 nitrogen and oxygen atoms in total. The molecule has 1 N–H and O–H groups in total. The second-order valence-corrected chi connectivity index (χ2v) is 3.70. The van der Waals surface area contributed by atoms with Gasteiger partial charge in [0.2, 0.25) is 0 Å². The molecule has 0 saturated heterocycles. The van der Waals surface area contributed by atoms with E-state index in [4.69, 9.17) is 0 Å². The van der Waals surface area contributed by atoms with Crippen molar-refractivity contribution in [3.63, 3.8) is 0 Å². The highest BCUT2D eigenvalue weighted by molar-refractivity contribution is 7.99. The first-order valence-electron chi connectivity index (χ1n) is 3.55. The van der Waals surface area contributed by atoms with Gasteiger partial charge in [0.15, 0.2) is 0 Å². The van der Waals surface area contributed by atoms with Crippen molar-refractivity contribution in [3.05, 3.63) is 12.5 Å². The minimum absolute atomic E-state index is 1.10. The van der Waals surface area contributed by atoms with E-state index >= 15 is 0 Å². The third kappa shape index (κ3) is 3.43. The topological polar surface area (TPSA) is 31.9 Å². The SMILES string of the molecule is CN(C)CCSc1cnc[nH]1. The molecule has 1 aromatic heterocycles. The number of nitrogens with one attached hydrogen (secondary N) is 1. The molecule has 0 aliphatic carbocycles. The molecule has 0 aliphatic rings. The van der Waals surface area contributed by atoms with Crippen molar-refractivity contribution in [1.82, 2.24) is 14.9 Å². The first-order valence-corrected chi connectivity index (χ1v) is 4.53. The standard InChI is InChI=1S/C7H13N3S/c1-10(2)3-4-11-7-5-8-6-9-7/h5-6H,3-4H2,1-2H3,(H,8,9). The molecule has 0 radical (unpaired) electrons. The van der Waals surface area contributed by atoms with Crippen molar-refractivity contribution in [1.29, 1.82) is 0 Å². The third-order valence-electron chi connectivity index (χ3n) is 1.27. The molecule has 0 aliphatic heterocycles. The molecule has 0 spiro atoms. The van der Waals surface area contributed by atoms with Gasteiger partial charge >= 0.3 is 0 Å². The van der Waals surface area contributed by atoms with Gasteiger partial charge in [-0.05, 0) is 14.1 Å². The van der Waals surface area contributed by atoms with E-state index in [0.29, 0.717) is 0 Å². The van der Waals surface area contributed by atoms with Crippen molar-refractivity contribution in [2.24, 2.45) is 0 Å². The average molecular weight is 171 g/mol. The molecule has 0 fully saturated rings. The molecule has 0 atom stereocenters. The summed E-state index contributed by atoms with van der Waals surface area (Å²) < 4.78 is 0. The van der Waals surface area contributed by atoms with E-state index in [1.165, 1.54) is 0 Å². The molecule has 0 amide bonds. The van der Waals surface area contributed by atoms with Gasteiger partial charge in [-0.15, -0.1) is 11.8 Å². The summed E-state index contributed by atoms with van der Waals surface area (Å²) in [6.07, 6.45) is 3.55. The zero-order chi connectivity index (χ0) is 8.10. The van der Waals surface area contributed by atoms with Gasteiger partial charge in [-0.3, -0.25) is 0 Å². The van der Waals surface area contributed by atoms with E-state index in [1.807, 2.05) is 6.20 Å². The summed E-state index contributed by atoms with van der Waals surface area (Å²) in [4.78, 5) is 9.14. The van der Waals surface area contributed by atoms with Crippen molar-refractivity contribution >= 4 is 11.8 Å². The second-order valence-electron chi connectivity index (χ2n) is 2.57. The Kier molecular flexibility index (Phi) is 3.45. The predicted octanol–water partition coefficient (Wildman–Crippen LogP) is 1.06. The summed E-state index contributed by atoms with van der Waals surface area (Å²) in [7, 11) is 4.15. The lowest BCUT2D eigenvalue weighted by Gasteiger charge is -2.06. The van der Waals surface area contributed by atoms with E-state index in [1.54, 1.807) is 18.1 Å². The molecule has 1 aromatic rings. The quantitative estimate of drug-likeness (QED) is 0.687. The first kappa shape index (κ1) is 8.62. The van der Waals surface area contributed by atoms with Crippen molar-refractivity contribution < 1.29 is 0 Å². The summed E-state index contributed by atoms with van der Waals surface area (Å²) in [6.45, 7) is 1.10. The van der Waals surface area contributed by atoms with E-state index in [9.17, 15) is 0 Å². The first-order chi connectivity index (χ1) is 5.29. The van der Waals surface area contributed by atoms with Gasteiger partial charge in [-0.25, -0.2) is 4.98 Å². The van der Waals surface area contributed by atoms with Crippen LogP contribution in [0.1, 0.15) is 0 Å². The van der Waals surface area contributed by atoms with Gasteiger partial charge in [-0.1, -0.05) is 0 Å². The van der Waals surface area contributed by atoms with Gasteiger partial charge in [-0.2, -0.15) is 0 Å². The maximum atomic E-state index is 3.93. The Morgan fingerprint density at radius 1 is 1.64 bits per heavy atom. The van der Waals surface area contributed by atoms with Crippen LogP contribution in [0.2, 0.25) is 0 Å². The zero-order valence-corrected chi connectivity index (χ0v) is 7.69. The van der Waals surface area contributed by atoms with Crippen LogP contribution in [0.15, 0.2) is 17.6 Å². The van der Waals surface area contributed by atoms with Crippen LogP contribution in [-0.2, 0) is 0 Å². The summed E-state index contributed by atoms with van der Waals surface area (Å²) in [5.74, 6) is 1.11. The summed E-state index contributed by atoms with van der Waals surface area (Å²) >= 11 is 1.80. The summed E-state index contributed by atoms with van der Waals surface area (Å²) in [5.41, 5.74) is 0. The number of hydrogen-bond acceptors (Lipinski definition) is 3. The molecule has 4 heteroatoms. The normalized spacial score (nSPS) is 10.8. The highest BCUT2D eigenvalue weighted by Gasteiger charge is 1.94. The Bertz CT molecular complexity index is 184. The van der Waals surface area contributed by atoms with Crippen molar-refractivity contribution in [3.8, 4) is 0 Å². The Labute approximate surface area is 71.2 Å². The van der Waals surface area contributed by atoms with E-state index in [0.717, 1.165) is 17.3 Å². The minimum atomic E-state index is 1.10. The summed E-state index contributed by atoms with van der Waals surface area (Å²) in [6, 6.07) is 0. The third-order valence-corrected chi connectivity index (χ3v) is 2.19. The van der Waals surface area contributed by atoms with Crippen LogP contribution < -0.4 is 0 Å². The second kappa shape index (κ2) is 4.41. The molecular weight excluding hydrogens is 158 g/mol. The van der Waals surface area contributed by atoms with Crippen LogP contribution in [0.3, 0.4) is 0 Å². The smallest absolute Gasteiger partial charge is 0.0928 e. The van der Waals surface area contributed by atoms with Gasteiger partial charge < -0.3 is 9.88 Å². The average Bonchev–Trinajstić information content (AvgIpc) is 2.39. The Hall–Kier alpha value is -0.480. The van der Waals surface area contributed by atoms with E-state index in [2.05, 4.69) is 29.0 Å². The van der Waals surface area contributed by atoms with Crippen molar-refractivity contribution in [2.45, 2.75) is 5.03 Å². The number of aromatic nitrogens is 2. The van der Waals surface area contributed by atoms with Crippen LogP contribution in [-0.4, -0.2) is 41.3 Å². The molecule has 0 saturated carbocycles. The fourth-order valence-corrected chi connectivity index (χ4v) is 1.61. The molecule has 0 aromatic carbocycles. The van der Waals surface area contributed by atoms with Gasteiger partial charge in [0.25, 0.3) is 0 Å². The largest absolute Gasteiger partial charge is 0.340 e. The molecule has 1 rings (SSSR count). The van der Waals surface area contributed by atoms with Gasteiger partial charge in [0, 0.05) is 12.3 Å². The van der Waals surface area contributed by atoms with E-state index in [-0.39, 0.29) is 0 Å². The van der Waals surface area contributed by atoms with Crippen LogP contribution in [0.5, 0.6) is 0 Å². The number of aromatic amines is 1. The lowest BCUT2D eigenvalue weighted by molar-refractivity contribution is 0.437. The Morgan fingerprint density at radius 2 is 2.45 bits per heavy atom.